The fourth-order valence-electron chi connectivity index (χ4n) is 3.83. The van der Waals surface area contributed by atoms with Gasteiger partial charge in [-0.1, -0.05) is 17.3 Å². The van der Waals surface area contributed by atoms with E-state index in [0.29, 0.717) is 24.1 Å². The molecule has 1 saturated heterocycles. The van der Waals surface area contributed by atoms with Crippen LogP contribution in [0.4, 0.5) is 4.39 Å². The molecule has 1 aliphatic heterocycles. The molecule has 5 atom stereocenters. The van der Waals surface area contributed by atoms with E-state index in [1.54, 1.807) is 18.3 Å². The van der Waals surface area contributed by atoms with Crippen LogP contribution in [0.3, 0.4) is 0 Å². The predicted molar refractivity (Wildman–Crippen MR) is 106 cm³/mol. The highest BCUT2D eigenvalue weighted by Gasteiger charge is 2.45. The Kier molecular flexibility index (Phi) is 6.13. The Morgan fingerprint density at radius 1 is 1.20 bits per heavy atom. The van der Waals surface area contributed by atoms with Crippen LogP contribution in [0.1, 0.15) is 18.9 Å². The van der Waals surface area contributed by atoms with Gasteiger partial charge in [-0.2, -0.15) is 0 Å². The summed E-state index contributed by atoms with van der Waals surface area (Å²) in [6, 6.07) is 5.08. The zero-order chi connectivity index (χ0) is 21.1. The molecule has 4 rings (SSSR count). The van der Waals surface area contributed by atoms with E-state index in [-0.39, 0.29) is 0 Å². The van der Waals surface area contributed by atoms with Crippen LogP contribution in [-0.4, -0.2) is 61.3 Å². The number of aliphatic hydroxyl groups is 3. The summed E-state index contributed by atoms with van der Waals surface area (Å²) in [5.41, 5.74) is 2.02. The van der Waals surface area contributed by atoms with Crippen molar-refractivity contribution in [1.29, 1.82) is 0 Å². The maximum atomic E-state index is 13.5. The van der Waals surface area contributed by atoms with Crippen molar-refractivity contribution in [2.24, 2.45) is 0 Å². The van der Waals surface area contributed by atoms with E-state index in [1.165, 1.54) is 16.8 Å². The maximum absolute atomic E-state index is 13.5. The van der Waals surface area contributed by atoms with Crippen molar-refractivity contribution in [3.63, 3.8) is 0 Å². The van der Waals surface area contributed by atoms with Crippen LogP contribution < -0.4 is 0 Å². The SMILES string of the molecule is OCC1OC(CCC2=CC=[C+]C=C2)C(O)[C@@H](n2cc(-c3cccc(F)c3)nn2)[C@H]1O. The van der Waals surface area contributed by atoms with Crippen LogP contribution in [0.5, 0.6) is 0 Å². The highest BCUT2D eigenvalue weighted by Crippen LogP contribution is 2.33. The van der Waals surface area contributed by atoms with Crippen molar-refractivity contribution in [1.82, 2.24) is 15.0 Å². The lowest BCUT2D eigenvalue weighted by molar-refractivity contribution is -0.206. The average molecular weight is 412 g/mol. The highest BCUT2D eigenvalue weighted by atomic mass is 19.1. The van der Waals surface area contributed by atoms with Gasteiger partial charge in [0.25, 0.3) is 0 Å². The fraction of sp³-hybridized carbons (Fsp3) is 0.364. The van der Waals surface area contributed by atoms with Gasteiger partial charge in [0.15, 0.2) is 0 Å². The average Bonchev–Trinajstić information content (AvgIpc) is 3.24. The van der Waals surface area contributed by atoms with Crippen LogP contribution in [0.2, 0.25) is 0 Å². The maximum Gasteiger partial charge on any atom is 0.123 e. The Morgan fingerprint density at radius 2 is 2.03 bits per heavy atom. The first kappa shape index (κ1) is 20.5. The molecule has 0 amide bonds. The molecular weight excluding hydrogens is 389 g/mol. The van der Waals surface area contributed by atoms with E-state index in [1.807, 2.05) is 24.3 Å². The van der Waals surface area contributed by atoms with E-state index >= 15 is 0 Å². The fourth-order valence-corrected chi connectivity index (χ4v) is 3.83. The summed E-state index contributed by atoms with van der Waals surface area (Å²) in [5, 5.41) is 39.4. The van der Waals surface area contributed by atoms with Gasteiger partial charge in [0.05, 0.1) is 36.6 Å². The van der Waals surface area contributed by atoms with Crippen LogP contribution in [0, 0.1) is 11.9 Å². The summed E-state index contributed by atoms with van der Waals surface area (Å²) in [6.45, 7) is -0.396. The zero-order valence-electron chi connectivity index (χ0n) is 16.2. The Labute approximate surface area is 173 Å². The third-order valence-electron chi connectivity index (χ3n) is 5.43. The number of ether oxygens (including phenoxy) is 1. The molecule has 3 N–H and O–H groups in total. The Morgan fingerprint density at radius 3 is 2.77 bits per heavy atom. The normalized spacial score (nSPS) is 28.3. The number of rotatable bonds is 6. The van der Waals surface area contributed by atoms with Gasteiger partial charge in [-0.25, -0.2) is 9.07 Å². The Bertz CT molecular complexity index is 971. The van der Waals surface area contributed by atoms with Crippen molar-refractivity contribution < 1.29 is 24.4 Å². The van der Waals surface area contributed by atoms with Crippen LogP contribution >= 0.6 is 0 Å². The number of benzene rings is 1. The molecule has 156 valence electrons. The lowest BCUT2D eigenvalue weighted by Crippen LogP contribution is -2.55. The molecule has 1 aliphatic carbocycles. The third-order valence-corrected chi connectivity index (χ3v) is 5.43. The molecule has 2 aliphatic rings. The molecule has 0 bridgehead atoms. The minimum atomic E-state index is -1.19. The second kappa shape index (κ2) is 8.95. The molecule has 0 radical (unpaired) electrons. The van der Waals surface area contributed by atoms with E-state index in [9.17, 15) is 19.7 Å². The summed E-state index contributed by atoms with van der Waals surface area (Å²) >= 11 is 0. The summed E-state index contributed by atoms with van der Waals surface area (Å²) in [4.78, 5) is 0. The highest BCUT2D eigenvalue weighted by molar-refractivity contribution is 5.57. The minimum absolute atomic E-state index is 0.396. The van der Waals surface area contributed by atoms with Crippen molar-refractivity contribution in [2.45, 2.75) is 43.3 Å². The van der Waals surface area contributed by atoms with Crippen molar-refractivity contribution in [2.75, 3.05) is 6.61 Å². The topological polar surface area (TPSA) is 101 Å². The molecule has 2 aromatic rings. The summed E-state index contributed by atoms with van der Waals surface area (Å²) in [7, 11) is 0. The first-order valence-corrected chi connectivity index (χ1v) is 9.82. The molecule has 30 heavy (non-hydrogen) atoms. The van der Waals surface area contributed by atoms with E-state index in [4.69, 9.17) is 4.74 Å². The number of aromatic nitrogens is 3. The molecule has 1 aromatic heterocycles. The summed E-state index contributed by atoms with van der Waals surface area (Å²) in [5.74, 6) is -0.396. The van der Waals surface area contributed by atoms with Gasteiger partial charge in [-0.15, -0.1) is 5.10 Å². The van der Waals surface area contributed by atoms with Crippen molar-refractivity contribution >= 4 is 0 Å². The lowest BCUT2D eigenvalue weighted by Gasteiger charge is -2.42. The molecule has 2 heterocycles. The van der Waals surface area contributed by atoms with Gasteiger partial charge in [0.2, 0.25) is 0 Å². The number of hydrogen-bond acceptors (Lipinski definition) is 6. The standard InChI is InChI=1S/C22H23FN3O4/c23-16-8-4-7-15(11-16)17-12-26(25-24-17)20-21(28)18(30-19(13-27)22(20)29)10-9-14-5-2-1-3-6-14/h2-8,11-12,18-22,27-29H,9-10,13H2/q+1/t18?,19?,20-,21?,22+/m1/s1. The Balaban J connectivity index is 1.55. The van der Waals surface area contributed by atoms with Gasteiger partial charge in [0.1, 0.15) is 48.0 Å². The number of halogens is 1. The third kappa shape index (κ3) is 4.23. The molecule has 1 aromatic carbocycles. The largest absolute Gasteiger partial charge is 0.394 e. The van der Waals surface area contributed by atoms with Crippen molar-refractivity contribution in [3.8, 4) is 11.3 Å². The number of aliphatic hydroxyl groups excluding tert-OH is 3. The van der Waals surface area contributed by atoms with E-state index < -0.39 is 42.9 Å². The van der Waals surface area contributed by atoms with Crippen molar-refractivity contribution in [3.05, 3.63) is 72.2 Å². The second-order valence-corrected chi connectivity index (χ2v) is 7.41. The molecule has 3 unspecified atom stereocenters. The number of hydrogen-bond donors (Lipinski definition) is 3. The first-order valence-electron chi connectivity index (χ1n) is 9.82. The van der Waals surface area contributed by atoms with Crippen LogP contribution in [0.25, 0.3) is 11.3 Å². The summed E-state index contributed by atoms with van der Waals surface area (Å²) < 4.78 is 20.7. The van der Waals surface area contributed by atoms with Crippen LogP contribution in [0.15, 0.2) is 60.3 Å². The molecule has 1 fully saturated rings. The van der Waals surface area contributed by atoms with Gasteiger partial charge >= 0.3 is 0 Å². The molecule has 7 nitrogen and oxygen atoms in total. The number of allylic oxidation sites excluding steroid dienone is 6. The minimum Gasteiger partial charge on any atom is -0.394 e. The predicted octanol–water partition coefficient (Wildman–Crippen LogP) is 1.74. The second-order valence-electron chi connectivity index (χ2n) is 7.41. The molecule has 0 saturated carbocycles. The Hall–Kier alpha value is -2.74. The first-order chi connectivity index (χ1) is 14.6. The zero-order valence-corrected chi connectivity index (χ0v) is 16.2. The van der Waals surface area contributed by atoms with Gasteiger partial charge < -0.3 is 20.1 Å². The lowest BCUT2D eigenvalue weighted by atomic mass is 9.89. The van der Waals surface area contributed by atoms with E-state index in [2.05, 4.69) is 16.4 Å². The monoisotopic (exact) mass is 412 g/mol. The molecular formula is C22H23FN3O4+. The molecule has 8 heteroatoms. The van der Waals surface area contributed by atoms with Gasteiger partial charge in [-0.05, 0) is 25.0 Å². The smallest absolute Gasteiger partial charge is 0.123 e. The molecule has 0 spiro atoms. The summed E-state index contributed by atoms with van der Waals surface area (Å²) in [6.07, 6.45) is 9.45. The quantitative estimate of drug-likeness (QED) is 0.625. The number of nitrogens with zero attached hydrogens (tertiary/aromatic N) is 3. The van der Waals surface area contributed by atoms with E-state index in [0.717, 1.165) is 5.57 Å². The van der Waals surface area contributed by atoms with Crippen LogP contribution in [-0.2, 0) is 4.74 Å². The van der Waals surface area contributed by atoms with Gasteiger partial charge in [-0.3, -0.25) is 0 Å². The van der Waals surface area contributed by atoms with Gasteiger partial charge in [0, 0.05) is 11.6 Å².